The third-order valence-corrected chi connectivity index (χ3v) is 4.45. The molecule has 1 saturated carbocycles. The first-order valence-electron chi connectivity index (χ1n) is 8.44. The number of aliphatic imine (C=N–C) groups is 1. The van der Waals surface area contributed by atoms with Crippen molar-refractivity contribution >= 4 is 5.96 Å². The summed E-state index contributed by atoms with van der Waals surface area (Å²) in [5, 5.41) is 6.84. The van der Waals surface area contributed by atoms with E-state index in [2.05, 4.69) is 22.5 Å². The maximum atomic E-state index is 5.65. The van der Waals surface area contributed by atoms with E-state index in [0.717, 1.165) is 31.4 Å². The van der Waals surface area contributed by atoms with Crippen molar-refractivity contribution in [3.63, 3.8) is 0 Å². The van der Waals surface area contributed by atoms with Crippen LogP contribution in [0.5, 0.6) is 0 Å². The highest BCUT2D eigenvalue weighted by molar-refractivity contribution is 5.79. The number of ether oxygens (including phenoxy) is 2. The third-order valence-electron chi connectivity index (χ3n) is 4.45. The molecule has 0 aromatic heterocycles. The van der Waals surface area contributed by atoms with E-state index in [1.165, 1.54) is 32.1 Å². The summed E-state index contributed by atoms with van der Waals surface area (Å²) in [6.45, 7) is 5.43. The lowest BCUT2D eigenvalue weighted by atomic mass is 9.87. The summed E-state index contributed by atoms with van der Waals surface area (Å²) in [5.74, 6) is 1.78. The molecule has 1 heterocycles. The number of rotatable bonds is 6. The van der Waals surface area contributed by atoms with E-state index in [1.54, 1.807) is 0 Å². The Balaban J connectivity index is 1.53. The summed E-state index contributed by atoms with van der Waals surface area (Å²) in [7, 11) is 1.83. The van der Waals surface area contributed by atoms with Gasteiger partial charge in [-0.3, -0.25) is 4.99 Å². The van der Waals surface area contributed by atoms with E-state index in [4.69, 9.17) is 9.47 Å². The van der Waals surface area contributed by atoms with Crippen LogP contribution in [0.1, 0.15) is 45.4 Å². The number of guanidine groups is 1. The second-order valence-electron chi connectivity index (χ2n) is 6.31. The van der Waals surface area contributed by atoms with Crippen molar-refractivity contribution in [2.45, 2.75) is 57.6 Å². The third kappa shape index (κ3) is 6.22. The van der Waals surface area contributed by atoms with Crippen LogP contribution in [0, 0.1) is 5.92 Å². The van der Waals surface area contributed by atoms with Crippen molar-refractivity contribution in [1.29, 1.82) is 0 Å². The number of nitrogens with zero attached hydrogens (tertiary/aromatic N) is 1. The lowest BCUT2D eigenvalue weighted by Crippen LogP contribution is -2.45. The van der Waals surface area contributed by atoms with E-state index in [1.807, 2.05) is 7.05 Å². The first kappa shape index (κ1) is 16.6. The Morgan fingerprint density at radius 2 is 2.05 bits per heavy atom. The maximum absolute atomic E-state index is 5.65. The van der Waals surface area contributed by atoms with Crippen LogP contribution in [0.2, 0.25) is 0 Å². The number of hydrogen-bond acceptors (Lipinski definition) is 3. The highest BCUT2D eigenvalue weighted by Gasteiger charge is 2.19. The first-order chi connectivity index (χ1) is 10.3. The van der Waals surface area contributed by atoms with Crippen LogP contribution in [-0.2, 0) is 9.47 Å². The van der Waals surface area contributed by atoms with Crippen LogP contribution in [0.15, 0.2) is 4.99 Å². The van der Waals surface area contributed by atoms with Gasteiger partial charge in [-0.25, -0.2) is 0 Å². The van der Waals surface area contributed by atoms with Gasteiger partial charge in [-0.2, -0.15) is 0 Å². The Labute approximate surface area is 128 Å². The monoisotopic (exact) mass is 297 g/mol. The predicted octanol–water partition coefficient (Wildman–Crippen LogP) is 1.93. The van der Waals surface area contributed by atoms with Crippen LogP contribution in [0.4, 0.5) is 0 Å². The molecule has 2 rings (SSSR count). The van der Waals surface area contributed by atoms with Crippen molar-refractivity contribution in [2.24, 2.45) is 10.9 Å². The zero-order chi connectivity index (χ0) is 14.9. The van der Waals surface area contributed by atoms with E-state index in [-0.39, 0.29) is 0 Å². The molecule has 122 valence electrons. The van der Waals surface area contributed by atoms with Crippen molar-refractivity contribution in [3.05, 3.63) is 0 Å². The molecule has 21 heavy (non-hydrogen) atoms. The number of hydrogen-bond donors (Lipinski definition) is 2. The smallest absolute Gasteiger partial charge is 0.191 e. The molecular weight excluding hydrogens is 266 g/mol. The van der Waals surface area contributed by atoms with Gasteiger partial charge in [-0.05, 0) is 44.4 Å². The van der Waals surface area contributed by atoms with Crippen molar-refractivity contribution in [1.82, 2.24) is 10.6 Å². The fourth-order valence-corrected chi connectivity index (χ4v) is 3.02. The van der Waals surface area contributed by atoms with E-state index >= 15 is 0 Å². The molecule has 2 N–H and O–H groups in total. The largest absolute Gasteiger partial charge is 0.377 e. The summed E-state index contributed by atoms with van der Waals surface area (Å²) in [6, 6.07) is 0.570. The molecule has 0 spiro atoms. The first-order valence-corrected chi connectivity index (χ1v) is 8.44. The lowest BCUT2D eigenvalue weighted by Gasteiger charge is -2.28. The average Bonchev–Trinajstić information content (AvgIpc) is 3.01. The summed E-state index contributed by atoms with van der Waals surface area (Å²) >= 11 is 0. The Morgan fingerprint density at radius 3 is 2.71 bits per heavy atom. The van der Waals surface area contributed by atoms with E-state index in [9.17, 15) is 0 Å². The molecule has 0 radical (unpaired) electrons. The molecule has 0 aromatic carbocycles. The minimum Gasteiger partial charge on any atom is -0.377 e. The van der Waals surface area contributed by atoms with Gasteiger partial charge in [0.1, 0.15) is 0 Å². The van der Waals surface area contributed by atoms with Crippen molar-refractivity contribution in [2.75, 3.05) is 33.4 Å². The van der Waals surface area contributed by atoms with Crippen molar-refractivity contribution < 1.29 is 9.47 Å². The molecule has 0 amide bonds. The Kier molecular flexibility index (Phi) is 7.30. The molecule has 2 aliphatic rings. The van der Waals surface area contributed by atoms with Gasteiger partial charge in [-0.1, -0.05) is 6.92 Å². The van der Waals surface area contributed by atoms with Crippen LogP contribution >= 0.6 is 0 Å². The highest BCUT2D eigenvalue weighted by atomic mass is 16.5. The van der Waals surface area contributed by atoms with Gasteiger partial charge >= 0.3 is 0 Å². The second-order valence-corrected chi connectivity index (χ2v) is 6.31. The molecule has 2 fully saturated rings. The van der Waals surface area contributed by atoms with Crippen LogP contribution < -0.4 is 10.6 Å². The second kappa shape index (κ2) is 9.26. The molecule has 1 aliphatic heterocycles. The Hall–Kier alpha value is -0.810. The zero-order valence-corrected chi connectivity index (χ0v) is 13.6. The minimum atomic E-state index is 0.312. The van der Waals surface area contributed by atoms with Gasteiger partial charge < -0.3 is 20.1 Å². The van der Waals surface area contributed by atoms with Gasteiger partial charge in [0.15, 0.2) is 5.96 Å². The molecule has 0 bridgehead atoms. The molecule has 5 heteroatoms. The zero-order valence-electron chi connectivity index (χ0n) is 13.6. The lowest BCUT2D eigenvalue weighted by molar-refractivity contribution is 0.0191. The van der Waals surface area contributed by atoms with Crippen LogP contribution in [0.3, 0.4) is 0 Å². The number of nitrogens with one attached hydrogen (secondary N) is 2. The van der Waals surface area contributed by atoms with Gasteiger partial charge in [0.2, 0.25) is 0 Å². The van der Waals surface area contributed by atoms with Gasteiger partial charge in [0, 0.05) is 26.2 Å². The summed E-state index contributed by atoms with van der Waals surface area (Å²) in [6.07, 6.45) is 7.75. The molecular formula is C16H31N3O2. The SMILES string of the molecule is CN=C(NCCOCC1CCCO1)NC1CCC(C)CC1. The normalized spacial score (nSPS) is 30.4. The molecule has 1 saturated heterocycles. The molecule has 5 nitrogen and oxygen atoms in total. The van der Waals surface area contributed by atoms with Gasteiger partial charge in [0.25, 0.3) is 0 Å². The topological polar surface area (TPSA) is 54.9 Å². The van der Waals surface area contributed by atoms with Gasteiger partial charge in [0.05, 0.1) is 19.3 Å². The predicted molar refractivity (Wildman–Crippen MR) is 85.7 cm³/mol. The summed E-state index contributed by atoms with van der Waals surface area (Å²) in [5.41, 5.74) is 0. The molecule has 1 unspecified atom stereocenters. The Bertz CT molecular complexity index is 309. The molecule has 0 aromatic rings. The summed E-state index contributed by atoms with van der Waals surface area (Å²) in [4.78, 5) is 4.29. The van der Waals surface area contributed by atoms with Crippen LogP contribution in [0.25, 0.3) is 0 Å². The van der Waals surface area contributed by atoms with Crippen molar-refractivity contribution in [3.8, 4) is 0 Å². The van der Waals surface area contributed by atoms with Crippen LogP contribution in [-0.4, -0.2) is 51.5 Å². The quantitative estimate of drug-likeness (QED) is 0.447. The Morgan fingerprint density at radius 1 is 1.24 bits per heavy atom. The van der Waals surface area contributed by atoms with E-state index in [0.29, 0.717) is 25.4 Å². The average molecular weight is 297 g/mol. The fourth-order valence-electron chi connectivity index (χ4n) is 3.02. The highest BCUT2D eigenvalue weighted by Crippen LogP contribution is 2.23. The minimum absolute atomic E-state index is 0.312. The van der Waals surface area contributed by atoms with E-state index < -0.39 is 0 Å². The standard InChI is InChI=1S/C16H31N3O2/c1-13-5-7-14(8-6-13)19-16(17-2)18-9-11-20-12-15-4-3-10-21-15/h13-15H,3-12H2,1-2H3,(H2,17,18,19). The molecule has 1 atom stereocenters. The van der Waals surface area contributed by atoms with Gasteiger partial charge in [-0.15, -0.1) is 0 Å². The fraction of sp³-hybridized carbons (Fsp3) is 0.938. The summed E-state index contributed by atoms with van der Waals surface area (Å²) < 4.78 is 11.2. The molecule has 1 aliphatic carbocycles. The maximum Gasteiger partial charge on any atom is 0.191 e.